The number of hydrogen-bond donors (Lipinski definition) is 1. The summed E-state index contributed by atoms with van der Waals surface area (Å²) in [4.78, 5) is 8.85. The zero-order valence-electron chi connectivity index (χ0n) is 21.1. The number of likely N-dealkylation sites (N-methyl/N-ethyl adjacent to an activating group) is 2. The molecule has 0 bridgehead atoms. The second kappa shape index (κ2) is 11.4. The predicted octanol–water partition coefficient (Wildman–Crippen LogP) is 4.94. The van der Waals surface area contributed by atoms with E-state index in [0.29, 0.717) is 16.8 Å². The highest BCUT2D eigenvalue weighted by Crippen LogP contribution is 2.33. The first-order valence-electron chi connectivity index (χ1n) is 11.4. The number of ether oxygens (including phenoxy) is 1. The molecule has 10 heteroatoms. The normalized spacial score (nSPS) is 11.1. The van der Waals surface area contributed by atoms with Crippen LogP contribution in [-0.4, -0.2) is 72.2 Å². The van der Waals surface area contributed by atoms with Crippen molar-refractivity contribution in [3.05, 3.63) is 66.6 Å². The first-order chi connectivity index (χ1) is 17.4. The number of nitrogens with zero attached hydrogens (tertiary/aromatic N) is 6. The van der Waals surface area contributed by atoms with Gasteiger partial charge >= 0.3 is 0 Å². The first kappa shape index (κ1) is 25.5. The van der Waals surface area contributed by atoms with E-state index in [1.165, 1.54) is 23.9 Å². The average molecular weight is 508 g/mol. The first-order valence-corrected chi connectivity index (χ1v) is 12.6. The van der Waals surface area contributed by atoms with Crippen LogP contribution in [0, 0.1) is 5.82 Å². The molecule has 0 radical (unpaired) electrons. The summed E-state index contributed by atoms with van der Waals surface area (Å²) in [6.45, 7) is 1.86. The lowest BCUT2D eigenvalue weighted by atomic mass is 10.2. The zero-order valence-corrected chi connectivity index (χ0v) is 21.9. The monoisotopic (exact) mass is 507 g/mol. The van der Waals surface area contributed by atoms with Gasteiger partial charge in [-0.2, -0.15) is 0 Å². The van der Waals surface area contributed by atoms with Gasteiger partial charge in [0.15, 0.2) is 11.0 Å². The number of pyridine rings is 1. The Hall–Kier alpha value is -3.63. The van der Waals surface area contributed by atoms with Crippen LogP contribution in [0.15, 0.2) is 66.0 Å². The maximum Gasteiger partial charge on any atom is 0.195 e. The topological polar surface area (TPSA) is 71.3 Å². The smallest absolute Gasteiger partial charge is 0.195 e. The van der Waals surface area contributed by atoms with Crippen molar-refractivity contribution in [3.8, 4) is 22.8 Å². The molecule has 0 unspecified atom stereocenters. The molecule has 36 heavy (non-hydrogen) atoms. The summed E-state index contributed by atoms with van der Waals surface area (Å²) in [6, 6.07) is 16.1. The van der Waals surface area contributed by atoms with Crippen molar-refractivity contribution >= 4 is 29.0 Å². The van der Waals surface area contributed by atoms with Gasteiger partial charge in [-0.3, -0.25) is 4.57 Å². The van der Waals surface area contributed by atoms with E-state index in [0.717, 1.165) is 41.5 Å². The summed E-state index contributed by atoms with van der Waals surface area (Å²) in [5, 5.41) is 12.8. The van der Waals surface area contributed by atoms with Crippen molar-refractivity contribution in [1.82, 2.24) is 24.6 Å². The van der Waals surface area contributed by atoms with Gasteiger partial charge < -0.3 is 19.9 Å². The number of aromatic nitrogens is 4. The van der Waals surface area contributed by atoms with Gasteiger partial charge in [-0.1, -0.05) is 11.8 Å². The molecule has 0 saturated heterocycles. The third-order valence-electron chi connectivity index (χ3n) is 5.69. The van der Waals surface area contributed by atoms with Gasteiger partial charge in [-0.15, -0.1) is 10.2 Å². The molecule has 0 saturated carbocycles. The maximum absolute atomic E-state index is 13.5. The van der Waals surface area contributed by atoms with E-state index >= 15 is 0 Å². The molecule has 0 aliphatic heterocycles. The van der Waals surface area contributed by atoms with E-state index in [4.69, 9.17) is 4.74 Å². The van der Waals surface area contributed by atoms with Crippen molar-refractivity contribution in [2.75, 3.05) is 57.8 Å². The Morgan fingerprint density at radius 2 is 1.78 bits per heavy atom. The highest BCUT2D eigenvalue weighted by molar-refractivity contribution is 7.98. The van der Waals surface area contributed by atoms with Gasteiger partial charge in [0.1, 0.15) is 17.4 Å². The van der Waals surface area contributed by atoms with Gasteiger partial charge in [-0.05, 0) is 62.8 Å². The quantitative estimate of drug-likeness (QED) is 0.303. The van der Waals surface area contributed by atoms with Crippen molar-refractivity contribution in [3.63, 3.8) is 0 Å². The Labute approximate surface area is 215 Å². The third kappa shape index (κ3) is 5.77. The Bertz CT molecular complexity index is 1310. The molecule has 0 amide bonds. The van der Waals surface area contributed by atoms with E-state index in [1.54, 1.807) is 25.4 Å². The van der Waals surface area contributed by atoms with E-state index in [2.05, 4.69) is 57.5 Å². The van der Waals surface area contributed by atoms with Crippen LogP contribution in [0.5, 0.6) is 5.75 Å². The SMILES string of the molecule is COc1cc(N(C)CCN(C)C)ccc1Nc1cc(-n2c(SC)nnc2-c2ccc(F)cc2)ccn1. The molecule has 0 aliphatic carbocycles. The number of thioether (sulfide) groups is 1. The Morgan fingerprint density at radius 3 is 2.47 bits per heavy atom. The van der Waals surface area contributed by atoms with E-state index in [-0.39, 0.29) is 5.82 Å². The fourth-order valence-electron chi connectivity index (χ4n) is 3.69. The molecule has 8 nitrogen and oxygen atoms in total. The van der Waals surface area contributed by atoms with Gasteiger partial charge in [0, 0.05) is 49.7 Å². The summed E-state index contributed by atoms with van der Waals surface area (Å²) in [7, 11) is 7.85. The van der Waals surface area contributed by atoms with Crippen LogP contribution in [0.1, 0.15) is 0 Å². The number of anilines is 3. The van der Waals surface area contributed by atoms with E-state index < -0.39 is 0 Å². The van der Waals surface area contributed by atoms with Crippen LogP contribution >= 0.6 is 11.8 Å². The van der Waals surface area contributed by atoms with Gasteiger partial charge in [-0.25, -0.2) is 9.37 Å². The largest absolute Gasteiger partial charge is 0.494 e. The minimum Gasteiger partial charge on any atom is -0.494 e. The zero-order chi connectivity index (χ0) is 25.7. The minimum absolute atomic E-state index is 0.297. The number of rotatable bonds is 10. The molecule has 4 aromatic rings. The number of halogens is 1. The highest BCUT2D eigenvalue weighted by atomic mass is 32.2. The number of nitrogens with one attached hydrogen (secondary N) is 1. The predicted molar refractivity (Wildman–Crippen MR) is 144 cm³/mol. The summed E-state index contributed by atoms with van der Waals surface area (Å²) in [5.41, 5.74) is 3.48. The fraction of sp³-hybridized carbons (Fsp3) is 0.269. The van der Waals surface area contributed by atoms with Crippen molar-refractivity contribution < 1.29 is 9.13 Å². The molecule has 4 rings (SSSR count). The van der Waals surface area contributed by atoms with Crippen molar-refractivity contribution in [2.45, 2.75) is 5.16 Å². The summed E-state index contributed by atoms with van der Waals surface area (Å²) < 4.78 is 21.1. The fourth-order valence-corrected chi connectivity index (χ4v) is 4.18. The number of methoxy groups -OCH3 is 1. The second-order valence-electron chi connectivity index (χ2n) is 8.49. The average Bonchev–Trinajstić information content (AvgIpc) is 3.32. The van der Waals surface area contributed by atoms with Crippen LogP contribution in [0.25, 0.3) is 17.1 Å². The molecule has 2 heterocycles. The Kier molecular flexibility index (Phi) is 8.07. The Balaban J connectivity index is 1.63. The van der Waals surface area contributed by atoms with Crippen LogP contribution in [0.4, 0.5) is 21.6 Å². The summed E-state index contributed by atoms with van der Waals surface area (Å²) in [6.07, 6.45) is 3.67. The standard InChI is InChI=1S/C26H30FN7OS/c1-32(2)14-15-33(3)20-10-11-22(23(16-20)35-4)29-24-17-21(12-13-28-24)34-25(30-31-26(34)36-5)18-6-8-19(27)9-7-18/h6-13,16-17H,14-15H2,1-5H3,(H,28,29). The molecule has 2 aromatic carbocycles. The molecule has 0 aliphatic rings. The summed E-state index contributed by atoms with van der Waals surface area (Å²) in [5.74, 6) is 1.69. The Morgan fingerprint density at radius 1 is 1.00 bits per heavy atom. The summed E-state index contributed by atoms with van der Waals surface area (Å²) >= 11 is 1.48. The minimum atomic E-state index is -0.297. The molecular formula is C26H30FN7OS. The molecule has 0 fully saturated rings. The number of hydrogen-bond acceptors (Lipinski definition) is 8. The highest BCUT2D eigenvalue weighted by Gasteiger charge is 2.16. The van der Waals surface area contributed by atoms with Crippen LogP contribution < -0.4 is 15.0 Å². The van der Waals surface area contributed by atoms with Crippen LogP contribution in [0.2, 0.25) is 0 Å². The van der Waals surface area contributed by atoms with E-state index in [1.807, 2.05) is 35.1 Å². The van der Waals surface area contributed by atoms with Crippen molar-refractivity contribution in [1.29, 1.82) is 0 Å². The molecule has 188 valence electrons. The van der Waals surface area contributed by atoms with E-state index in [9.17, 15) is 4.39 Å². The molecule has 2 aromatic heterocycles. The number of benzene rings is 2. The second-order valence-corrected chi connectivity index (χ2v) is 9.26. The third-order valence-corrected chi connectivity index (χ3v) is 6.32. The maximum atomic E-state index is 13.5. The van der Waals surface area contributed by atoms with Crippen LogP contribution in [-0.2, 0) is 0 Å². The van der Waals surface area contributed by atoms with Crippen molar-refractivity contribution in [2.24, 2.45) is 0 Å². The molecule has 1 N–H and O–H groups in total. The lowest BCUT2D eigenvalue weighted by Gasteiger charge is -2.23. The molecule has 0 atom stereocenters. The molecular weight excluding hydrogens is 477 g/mol. The van der Waals surface area contributed by atoms with Crippen LogP contribution in [0.3, 0.4) is 0 Å². The van der Waals surface area contributed by atoms with Gasteiger partial charge in [0.25, 0.3) is 0 Å². The van der Waals surface area contributed by atoms with Gasteiger partial charge in [0.2, 0.25) is 0 Å². The molecule has 0 spiro atoms. The van der Waals surface area contributed by atoms with Gasteiger partial charge in [0.05, 0.1) is 18.5 Å². The lowest BCUT2D eigenvalue weighted by molar-refractivity contribution is 0.413. The lowest BCUT2D eigenvalue weighted by Crippen LogP contribution is -2.28.